The number of phenols is 1. The van der Waals surface area contributed by atoms with Gasteiger partial charge in [0.1, 0.15) is 5.75 Å². The van der Waals surface area contributed by atoms with Crippen molar-refractivity contribution in [3.05, 3.63) is 137 Å². The number of allylic oxidation sites excluding steroid dienone is 1. The number of aryl methyl sites for hydroxylation is 2. The molecule has 0 bridgehead atoms. The molecule has 4 aromatic rings. The first kappa shape index (κ1) is 40.7. The fraction of sp³-hybridized carbons (Fsp3) is 0.375. The van der Waals surface area contributed by atoms with Crippen LogP contribution in [0.4, 0.5) is 0 Å². The van der Waals surface area contributed by atoms with Gasteiger partial charge in [-0.25, -0.2) is 0 Å². The summed E-state index contributed by atoms with van der Waals surface area (Å²) in [5.74, 6) is -1.32. The Balaban J connectivity index is 1.32. The number of hydrogen-bond donors (Lipinski definition) is 2. The molecular formula is C48H56BNO6Si. The van der Waals surface area contributed by atoms with Crippen molar-refractivity contribution in [3.8, 4) is 5.75 Å². The van der Waals surface area contributed by atoms with Crippen molar-refractivity contribution < 1.29 is 28.8 Å². The minimum atomic E-state index is -2.97. The van der Waals surface area contributed by atoms with Crippen molar-refractivity contribution in [2.24, 2.45) is 17.8 Å². The van der Waals surface area contributed by atoms with Crippen molar-refractivity contribution in [1.82, 2.24) is 4.90 Å². The molecule has 4 atom stereocenters. The number of rotatable bonds is 12. The quantitative estimate of drug-likeness (QED) is 0.0653. The monoisotopic (exact) mass is 781 g/mol. The number of fused-ring (bicyclic) bond motifs is 3. The van der Waals surface area contributed by atoms with Crippen LogP contribution in [0.25, 0.3) is 11.6 Å². The summed E-state index contributed by atoms with van der Waals surface area (Å²) in [5, 5.41) is 24.0. The Hall–Kier alpha value is -4.54. The van der Waals surface area contributed by atoms with Crippen molar-refractivity contribution in [3.63, 3.8) is 0 Å². The number of benzene rings is 4. The third-order valence-electron chi connectivity index (χ3n) is 12.4. The van der Waals surface area contributed by atoms with Gasteiger partial charge in [0, 0.05) is 6.54 Å². The third kappa shape index (κ3) is 7.87. The summed E-state index contributed by atoms with van der Waals surface area (Å²) in [7, 11) is -4.04. The molecular weight excluding hydrogens is 725 g/mol. The molecule has 0 saturated carbocycles. The lowest BCUT2D eigenvalue weighted by molar-refractivity contribution is -0.140. The minimum Gasteiger partial charge on any atom is -0.507 e. The summed E-state index contributed by atoms with van der Waals surface area (Å²) >= 11 is 0. The van der Waals surface area contributed by atoms with Crippen LogP contribution in [0.15, 0.2) is 114 Å². The number of phenolic OH excluding ortho intramolecular Hbond substituents is 1. The summed E-state index contributed by atoms with van der Waals surface area (Å²) in [6, 6.07) is 35.4. The second-order valence-corrected chi connectivity index (χ2v) is 21.5. The van der Waals surface area contributed by atoms with Crippen molar-refractivity contribution in [2.75, 3.05) is 13.2 Å². The average Bonchev–Trinajstić information content (AvgIpc) is 3.43. The van der Waals surface area contributed by atoms with E-state index >= 15 is 0 Å². The molecule has 3 aliphatic rings. The van der Waals surface area contributed by atoms with Crippen LogP contribution in [0.1, 0.15) is 75.6 Å². The van der Waals surface area contributed by atoms with Gasteiger partial charge in [0.05, 0.1) is 24.5 Å². The summed E-state index contributed by atoms with van der Waals surface area (Å²) in [5.41, 5.74) is 6.83. The smallest absolute Gasteiger partial charge is 0.455 e. The number of carbonyl (C=O) groups excluding carboxylic acids is 2. The molecule has 2 heterocycles. The fourth-order valence-electron chi connectivity index (χ4n) is 9.88. The van der Waals surface area contributed by atoms with Crippen LogP contribution in [0, 0.1) is 31.6 Å². The maximum Gasteiger partial charge on any atom is 0.455 e. The molecule has 2 N–H and O–H groups in total. The van der Waals surface area contributed by atoms with E-state index in [1.807, 2.05) is 63.2 Å². The van der Waals surface area contributed by atoms with Crippen LogP contribution in [-0.4, -0.2) is 61.5 Å². The zero-order chi connectivity index (χ0) is 40.5. The lowest BCUT2D eigenvalue weighted by Crippen LogP contribution is -2.66. The van der Waals surface area contributed by atoms with Crippen molar-refractivity contribution >= 4 is 49.3 Å². The van der Waals surface area contributed by atoms with Gasteiger partial charge < -0.3 is 19.2 Å². The van der Waals surface area contributed by atoms with E-state index in [1.165, 1.54) is 15.3 Å². The first-order chi connectivity index (χ1) is 27.3. The highest BCUT2D eigenvalue weighted by Crippen LogP contribution is 2.51. The van der Waals surface area contributed by atoms with E-state index in [9.17, 15) is 19.7 Å². The molecule has 1 aliphatic carbocycles. The Bertz CT molecular complexity index is 2090. The van der Waals surface area contributed by atoms with Gasteiger partial charge in [-0.05, 0) is 118 Å². The molecule has 2 amide bonds. The normalized spacial score (nSPS) is 21.6. The van der Waals surface area contributed by atoms with E-state index in [1.54, 1.807) is 0 Å². The largest absolute Gasteiger partial charge is 0.507 e. The molecule has 0 unspecified atom stereocenters. The lowest BCUT2D eigenvalue weighted by Gasteiger charge is -2.46. The number of imide groups is 1. The number of hydrogen-bond acceptors (Lipinski definition) is 6. The maximum absolute atomic E-state index is 14.2. The minimum absolute atomic E-state index is 0.111. The molecule has 7 rings (SSSR count). The fourth-order valence-corrected chi connectivity index (χ4v) is 14.4. The SMILES string of the molecule is CCCN1C(=O)[C@@H]2[C@@H](CC(CO[Si](c3ccccc3)(c3ccccc3)C(C)(C)C)=C3[C@@H](CC/C(=C/c4cc(C)c(O)c(C)c4)c4ccccc4)OB(O)C[C@@H]32)C1=O. The van der Waals surface area contributed by atoms with Gasteiger partial charge in [0.25, 0.3) is 8.32 Å². The van der Waals surface area contributed by atoms with Crippen LogP contribution in [0.5, 0.6) is 5.75 Å². The van der Waals surface area contributed by atoms with Crippen LogP contribution in [0.3, 0.4) is 0 Å². The summed E-state index contributed by atoms with van der Waals surface area (Å²) in [6.45, 7) is 13.3. The summed E-state index contributed by atoms with van der Waals surface area (Å²) in [6.07, 6.45) is 4.23. The number of aromatic hydroxyl groups is 1. The molecule has 2 saturated heterocycles. The van der Waals surface area contributed by atoms with Crippen LogP contribution < -0.4 is 10.4 Å². The summed E-state index contributed by atoms with van der Waals surface area (Å²) < 4.78 is 14.1. The van der Waals surface area contributed by atoms with Crippen LogP contribution in [0.2, 0.25) is 11.4 Å². The molecule has 2 fully saturated rings. The molecule has 9 heteroatoms. The van der Waals surface area contributed by atoms with E-state index < -0.39 is 33.4 Å². The van der Waals surface area contributed by atoms with Gasteiger partial charge in [0.2, 0.25) is 11.8 Å². The average molecular weight is 782 g/mol. The van der Waals surface area contributed by atoms with E-state index in [0.29, 0.717) is 44.6 Å². The third-order valence-corrected chi connectivity index (χ3v) is 17.4. The van der Waals surface area contributed by atoms with Gasteiger partial charge in [-0.1, -0.05) is 125 Å². The number of likely N-dealkylation sites (tertiary alicyclic amines) is 1. The highest BCUT2D eigenvalue weighted by Gasteiger charge is 2.58. The molecule has 0 spiro atoms. The zero-order valence-corrected chi connectivity index (χ0v) is 35.2. The highest BCUT2D eigenvalue weighted by molar-refractivity contribution is 6.99. The molecule has 296 valence electrons. The maximum atomic E-state index is 14.2. The molecule has 57 heavy (non-hydrogen) atoms. The first-order valence-electron chi connectivity index (χ1n) is 20.6. The molecule has 4 aromatic carbocycles. The Kier molecular flexibility index (Phi) is 11.9. The Labute approximate surface area is 339 Å². The van der Waals surface area contributed by atoms with Crippen molar-refractivity contribution in [2.45, 2.75) is 84.7 Å². The van der Waals surface area contributed by atoms with Gasteiger partial charge in [-0.15, -0.1) is 0 Å². The number of nitrogens with zero attached hydrogens (tertiary/aromatic N) is 1. The van der Waals surface area contributed by atoms with Gasteiger partial charge in [-0.3, -0.25) is 14.5 Å². The Morgan fingerprint density at radius 2 is 1.47 bits per heavy atom. The standard InChI is InChI=1S/C48H56BNO6Si/c1-7-25-50-46(52)40-29-37(31-55-57(48(4,5)6,38-19-13-9-14-20-38)39-21-15-10-16-22-39)43-41(44(40)47(50)53)30-49(54)56-42(43)24-23-36(35-17-11-8-12-18-35)28-34-26-32(2)45(51)33(3)27-34/h8-22,26-28,40-42,44,51,54H,7,23-25,29-31H2,1-6H3/b36-28-/t40-,41+,42-,44-/m1/s1. The summed E-state index contributed by atoms with van der Waals surface area (Å²) in [4.78, 5) is 29.7. The van der Waals surface area contributed by atoms with E-state index in [4.69, 9.17) is 9.08 Å². The highest BCUT2D eigenvalue weighted by atomic mass is 28.4. The lowest BCUT2D eigenvalue weighted by atomic mass is 9.58. The van der Waals surface area contributed by atoms with Crippen molar-refractivity contribution in [1.29, 1.82) is 0 Å². The molecule has 2 aliphatic heterocycles. The van der Waals surface area contributed by atoms with E-state index in [0.717, 1.165) is 39.0 Å². The van der Waals surface area contributed by atoms with Gasteiger partial charge >= 0.3 is 7.12 Å². The number of carbonyl (C=O) groups is 2. The predicted octanol–water partition coefficient (Wildman–Crippen LogP) is 8.11. The Morgan fingerprint density at radius 1 is 0.895 bits per heavy atom. The molecule has 7 nitrogen and oxygen atoms in total. The molecule has 0 radical (unpaired) electrons. The first-order valence-corrected chi connectivity index (χ1v) is 22.5. The zero-order valence-electron chi connectivity index (χ0n) is 34.2. The topological polar surface area (TPSA) is 96.3 Å². The van der Waals surface area contributed by atoms with Crippen LogP contribution >= 0.6 is 0 Å². The second-order valence-electron chi connectivity index (χ2n) is 17.2. The van der Waals surface area contributed by atoms with Gasteiger partial charge in [-0.2, -0.15) is 0 Å². The predicted molar refractivity (Wildman–Crippen MR) is 231 cm³/mol. The van der Waals surface area contributed by atoms with E-state index in [-0.39, 0.29) is 29.1 Å². The Morgan fingerprint density at radius 3 is 2.04 bits per heavy atom. The van der Waals surface area contributed by atoms with E-state index in [2.05, 4.69) is 87.5 Å². The molecule has 0 aromatic heterocycles. The van der Waals surface area contributed by atoms with Crippen LogP contribution in [-0.2, 0) is 18.7 Å². The van der Waals surface area contributed by atoms with Gasteiger partial charge in [0.15, 0.2) is 0 Å². The number of amides is 2. The second kappa shape index (κ2) is 16.7.